The predicted octanol–water partition coefficient (Wildman–Crippen LogP) is 2.70. The van der Waals surface area contributed by atoms with Crippen molar-refractivity contribution in [3.05, 3.63) is 38.9 Å². The molecular weight excluding hydrogens is 329 g/mol. The van der Waals surface area contributed by atoms with Crippen molar-refractivity contribution < 1.29 is 9.72 Å². The third kappa shape index (κ3) is 5.12. The van der Waals surface area contributed by atoms with Crippen molar-refractivity contribution in [3.63, 3.8) is 0 Å². The van der Waals surface area contributed by atoms with Crippen LogP contribution in [0, 0.1) is 16.0 Å². The van der Waals surface area contributed by atoms with Crippen molar-refractivity contribution in [2.24, 2.45) is 11.7 Å². The fourth-order valence-corrected chi connectivity index (χ4v) is 2.00. The van der Waals surface area contributed by atoms with E-state index < -0.39 is 10.5 Å². The lowest BCUT2D eigenvalue weighted by Crippen LogP contribution is -2.55. The molecule has 0 heterocycles. The Bertz CT molecular complexity index is 552. The minimum Gasteiger partial charge on any atom is -0.349 e. The number of rotatable bonds is 6. The predicted molar refractivity (Wildman–Crippen MR) is 89.5 cm³/mol. The van der Waals surface area contributed by atoms with Gasteiger partial charge in [-0.1, -0.05) is 31.5 Å². The molecule has 1 amide bonds. The summed E-state index contributed by atoms with van der Waals surface area (Å²) in [7, 11) is 0. The minimum absolute atomic E-state index is 0. The molecular formula is C14H21Cl2N3O3. The van der Waals surface area contributed by atoms with Crippen LogP contribution in [0.5, 0.6) is 0 Å². The van der Waals surface area contributed by atoms with Crippen molar-refractivity contribution in [1.82, 2.24) is 5.32 Å². The van der Waals surface area contributed by atoms with Crippen molar-refractivity contribution >= 4 is 35.6 Å². The first-order valence-corrected chi connectivity index (χ1v) is 7.01. The number of carbonyl (C=O) groups is 1. The highest BCUT2D eigenvalue weighted by molar-refractivity contribution is 6.31. The van der Waals surface area contributed by atoms with Gasteiger partial charge in [0.1, 0.15) is 0 Å². The van der Waals surface area contributed by atoms with Gasteiger partial charge in [-0.25, -0.2) is 0 Å². The number of non-ortho nitro benzene ring substituents is 1. The van der Waals surface area contributed by atoms with Crippen LogP contribution in [0.2, 0.25) is 5.02 Å². The number of nitrogens with two attached hydrogens (primary N) is 1. The smallest absolute Gasteiger partial charge is 0.270 e. The maximum absolute atomic E-state index is 12.1. The van der Waals surface area contributed by atoms with Crippen LogP contribution in [0.1, 0.15) is 26.3 Å². The van der Waals surface area contributed by atoms with E-state index in [9.17, 15) is 14.9 Å². The normalized spacial score (nSPS) is 13.2. The Labute approximate surface area is 141 Å². The second-order valence-corrected chi connectivity index (χ2v) is 5.94. The van der Waals surface area contributed by atoms with Crippen molar-refractivity contribution in [2.75, 3.05) is 6.54 Å². The van der Waals surface area contributed by atoms with Crippen molar-refractivity contribution in [3.8, 4) is 0 Å². The molecule has 1 aromatic rings. The van der Waals surface area contributed by atoms with Gasteiger partial charge in [0.05, 0.1) is 21.9 Å². The first-order valence-electron chi connectivity index (χ1n) is 6.63. The largest absolute Gasteiger partial charge is 0.349 e. The maximum atomic E-state index is 12.1. The molecule has 0 aliphatic rings. The molecule has 22 heavy (non-hydrogen) atoms. The van der Waals surface area contributed by atoms with Crippen molar-refractivity contribution in [2.45, 2.75) is 32.7 Å². The molecule has 0 fully saturated rings. The molecule has 0 aromatic heterocycles. The molecule has 0 spiro atoms. The summed E-state index contributed by atoms with van der Waals surface area (Å²) in [5.74, 6) is -0.0359. The highest BCUT2D eigenvalue weighted by Gasteiger charge is 2.28. The molecule has 3 N–H and O–H groups in total. The summed E-state index contributed by atoms with van der Waals surface area (Å²) in [5.41, 5.74) is 5.67. The number of nitrogens with one attached hydrogen (secondary N) is 1. The number of benzene rings is 1. The zero-order chi connectivity index (χ0) is 16.2. The van der Waals surface area contributed by atoms with Gasteiger partial charge in [0.15, 0.2) is 0 Å². The number of carbonyl (C=O) groups excluding carboxylic acids is 1. The molecule has 0 radical (unpaired) electrons. The standard InChI is InChI=1S/C14H20ClN3O3.ClH/c1-9(2)14(3,8-16)17-13(19)6-10-4-5-11(18(20)21)7-12(10)15;/h4-5,7,9H,6,8,16H2,1-3H3,(H,17,19);1H. The van der Waals surface area contributed by atoms with Crippen LogP contribution in [0.4, 0.5) is 5.69 Å². The van der Waals surface area contributed by atoms with E-state index in [1.807, 2.05) is 20.8 Å². The molecule has 0 aliphatic heterocycles. The summed E-state index contributed by atoms with van der Waals surface area (Å²) in [4.78, 5) is 22.2. The van der Waals surface area contributed by atoms with Gasteiger partial charge < -0.3 is 11.1 Å². The molecule has 0 aliphatic carbocycles. The van der Waals surface area contributed by atoms with E-state index >= 15 is 0 Å². The van der Waals surface area contributed by atoms with Crippen LogP contribution in [0.25, 0.3) is 0 Å². The van der Waals surface area contributed by atoms with Gasteiger partial charge in [-0.15, -0.1) is 12.4 Å². The number of nitrogens with zero attached hydrogens (tertiary/aromatic N) is 1. The zero-order valence-electron chi connectivity index (χ0n) is 12.8. The Morgan fingerprint density at radius 3 is 2.50 bits per heavy atom. The number of amides is 1. The Balaban J connectivity index is 0.00000441. The summed E-state index contributed by atoms with van der Waals surface area (Å²) in [6.45, 7) is 6.16. The maximum Gasteiger partial charge on any atom is 0.270 e. The SMILES string of the molecule is CC(C)C(C)(CN)NC(=O)Cc1ccc([N+](=O)[O-])cc1Cl.Cl. The lowest BCUT2D eigenvalue weighted by molar-refractivity contribution is -0.384. The highest BCUT2D eigenvalue weighted by Crippen LogP contribution is 2.23. The van der Waals surface area contributed by atoms with Crippen LogP contribution in [0.3, 0.4) is 0 Å². The first-order chi connectivity index (χ1) is 9.69. The minimum atomic E-state index is -0.528. The van der Waals surface area contributed by atoms with E-state index in [0.717, 1.165) is 0 Å². The third-order valence-electron chi connectivity index (χ3n) is 3.72. The number of nitro groups is 1. The molecule has 1 atom stereocenters. The Morgan fingerprint density at radius 1 is 1.50 bits per heavy atom. The van der Waals surface area contributed by atoms with Crippen LogP contribution in [0.15, 0.2) is 18.2 Å². The van der Waals surface area contributed by atoms with E-state index in [-0.39, 0.29) is 41.4 Å². The number of halogens is 2. The van der Waals surface area contributed by atoms with Crippen LogP contribution < -0.4 is 11.1 Å². The topological polar surface area (TPSA) is 98.3 Å². The van der Waals surface area contributed by atoms with E-state index in [1.165, 1.54) is 18.2 Å². The second kappa shape index (κ2) is 8.31. The number of hydrogen-bond acceptors (Lipinski definition) is 4. The van der Waals surface area contributed by atoms with E-state index in [2.05, 4.69) is 5.32 Å². The summed E-state index contributed by atoms with van der Waals surface area (Å²) in [6, 6.07) is 4.07. The number of hydrogen-bond donors (Lipinski definition) is 2. The highest BCUT2D eigenvalue weighted by atomic mass is 35.5. The van der Waals surface area contributed by atoms with Gasteiger partial charge in [0, 0.05) is 18.7 Å². The Kier molecular flexibility index (Phi) is 7.79. The monoisotopic (exact) mass is 349 g/mol. The number of nitro benzene ring substituents is 1. The lowest BCUT2D eigenvalue weighted by Gasteiger charge is -2.33. The summed E-state index contributed by atoms with van der Waals surface area (Å²) in [6.07, 6.45) is 0.0547. The van der Waals surface area contributed by atoms with E-state index in [1.54, 1.807) is 0 Å². The van der Waals surface area contributed by atoms with Crippen LogP contribution in [-0.4, -0.2) is 22.9 Å². The quantitative estimate of drug-likeness (QED) is 0.609. The van der Waals surface area contributed by atoms with E-state index in [0.29, 0.717) is 12.1 Å². The Morgan fingerprint density at radius 2 is 2.09 bits per heavy atom. The van der Waals surface area contributed by atoms with Crippen LogP contribution in [-0.2, 0) is 11.2 Å². The molecule has 124 valence electrons. The molecule has 0 saturated carbocycles. The summed E-state index contributed by atoms with van der Waals surface area (Å²) < 4.78 is 0. The average Bonchev–Trinajstić information content (AvgIpc) is 2.40. The van der Waals surface area contributed by atoms with Crippen molar-refractivity contribution in [1.29, 1.82) is 0 Å². The van der Waals surface area contributed by atoms with Gasteiger partial charge in [-0.05, 0) is 18.4 Å². The van der Waals surface area contributed by atoms with Gasteiger partial charge in [-0.2, -0.15) is 0 Å². The van der Waals surface area contributed by atoms with Gasteiger partial charge >= 0.3 is 0 Å². The molecule has 0 bridgehead atoms. The fourth-order valence-electron chi connectivity index (χ4n) is 1.76. The molecule has 8 heteroatoms. The first kappa shape index (κ1) is 20.6. The molecule has 1 unspecified atom stereocenters. The average molecular weight is 350 g/mol. The molecule has 0 saturated heterocycles. The Hall–Kier alpha value is -1.37. The molecule has 1 rings (SSSR count). The second-order valence-electron chi connectivity index (χ2n) is 5.53. The van der Waals surface area contributed by atoms with Gasteiger partial charge in [0.25, 0.3) is 5.69 Å². The fraction of sp³-hybridized carbons (Fsp3) is 0.500. The summed E-state index contributed by atoms with van der Waals surface area (Å²) >= 11 is 5.98. The van der Waals surface area contributed by atoms with Crippen LogP contribution >= 0.6 is 24.0 Å². The summed E-state index contributed by atoms with van der Waals surface area (Å²) in [5, 5.41) is 13.7. The molecule has 6 nitrogen and oxygen atoms in total. The van der Waals surface area contributed by atoms with Gasteiger partial charge in [-0.3, -0.25) is 14.9 Å². The van der Waals surface area contributed by atoms with E-state index in [4.69, 9.17) is 17.3 Å². The lowest BCUT2D eigenvalue weighted by atomic mass is 9.88. The zero-order valence-corrected chi connectivity index (χ0v) is 14.3. The van der Waals surface area contributed by atoms with Gasteiger partial charge in [0.2, 0.25) is 5.91 Å². The third-order valence-corrected chi connectivity index (χ3v) is 4.07. The molecule has 1 aromatic carbocycles.